The van der Waals surface area contributed by atoms with Crippen LogP contribution in [0.15, 0.2) is 54.6 Å². The fourth-order valence-corrected chi connectivity index (χ4v) is 2.90. The van der Waals surface area contributed by atoms with Crippen molar-refractivity contribution < 1.29 is 4.79 Å². The molecule has 0 heterocycles. The summed E-state index contributed by atoms with van der Waals surface area (Å²) in [5.41, 5.74) is 2.04. The van der Waals surface area contributed by atoms with Crippen molar-refractivity contribution in [2.45, 2.75) is 38.6 Å². The molecule has 1 atom stereocenters. The number of hydrogen-bond donors (Lipinski definition) is 1. The molecule has 0 bridgehead atoms. The summed E-state index contributed by atoms with van der Waals surface area (Å²) >= 11 is 0. The molecule has 0 saturated heterocycles. The summed E-state index contributed by atoms with van der Waals surface area (Å²) in [6.45, 7) is 6.35. The van der Waals surface area contributed by atoms with Crippen molar-refractivity contribution in [1.29, 1.82) is 5.26 Å². The van der Waals surface area contributed by atoms with Gasteiger partial charge in [0, 0.05) is 6.04 Å². The summed E-state index contributed by atoms with van der Waals surface area (Å²) in [6.07, 6.45) is 0.817. The largest absolute Gasteiger partial charge is 0.350 e. The van der Waals surface area contributed by atoms with Crippen LogP contribution in [0.4, 0.5) is 0 Å². The van der Waals surface area contributed by atoms with E-state index in [9.17, 15) is 4.79 Å². The lowest BCUT2D eigenvalue weighted by atomic mass is 9.79. The van der Waals surface area contributed by atoms with Gasteiger partial charge >= 0.3 is 0 Å². The van der Waals surface area contributed by atoms with E-state index in [2.05, 4.69) is 37.4 Å². The first-order valence-electron chi connectivity index (χ1n) is 7.79. The number of carbonyl (C=O) groups is 1. The highest BCUT2D eigenvalue weighted by molar-refractivity contribution is 5.96. The maximum absolute atomic E-state index is 12.4. The van der Waals surface area contributed by atoms with Crippen LogP contribution in [0.1, 0.15) is 48.7 Å². The molecule has 2 aromatic carbocycles. The minimum Gasteiger partial charge on any atom is -0.350 e. The van der Waals surface area contributed by atoms with Crippen LogP contribution in [-0.2, 0) is 5.41 Å². The van der Waals surface area contributed by atoms with Gasteiger partial charge in [0.1, 0.15) is 0 Å². The van der Waals surface area contributed by atoms with E-state index < -0.39 is 0 Å². The quantitative estimate of drug-likeness (QED) is 0.906. The molecule has 3 heteroatoms. The third-order valence-corrected chi connectivity index (χ3v) is 4.04. The van der Waals surface area contributed by atoms with Gasteiger partial charge in [-0.1, -0.05) is 56.3 Å². The normalized spacial score (nSPS) is 12.3. The van der Waals surface area contributed by atoms with Gasteiger partial charge in [-0.15, -0.1) is 0 Å². The number of amides is 1. The monoisotopic (exact) mass is 306 g/mol. The molecule has 0 saturated carbocycles. The number of nitrogens with one attached hydrogen (secondary N) is 1. The predicted octanol–water partition coefficient (Wildman–Crippen LogP) is 4.04. The first-order chi connectivity index (χ1) is 10.9. The summed E-state index contributed by atoms with van der Waals surface area (Å²) in [4.78, 5) is 12.4. The number of carbonyl (C=O) groups excluding carboxylic acids is 1. The van der Waals surface area contributed by atoms with Crippen LogP contribution in [0, 0.1) is 11.3 Å². The average Bonchev–Trinajstić information content (AvgIpc) is 2.55. The third kappa shape index (κ3) is 4.20. The molecular weight excluding hydrogens is 284 g/mol. The number of hydrogen-bond acceptors (Lipinski definition) is 2. The van der Waals surface area contributed by atoms with E-state index in [1.165, 1.54) is 5.56 Å². The molecule has 3 nitrogen and oxygen atoms in total. The maximum Gasteiger partial charge on any atom is 0.252 e. The number of rotatable bonds is 5. The van der Waals surface area contributed by atoms with Gasteiger partial charge in [0.05, 0.1) is 17.2 Å². The molecule has 0 aromatic heterocycles. The lowest BCUT2D eigenvalue weighted by Gasteiger charge is -2.29. The Kier molecular flexibility index (Phi) is 5.18. The summed E-state index contributed by atoms with van der Waals surface area (Å²) in [7, 11) is 0. The second-order valence-electron chi connectivity index (χ2n) is 6.49. The van der Waals surface area contributed by atoms with Gasteiger partial charge in [-0.05, 0) is 36.5 Å². The minimum absolute atomic E-state index is 0.00413. The molecule has 0 aliphatic heterocycles. The average molecular weight is 306 g/mol. The Morgan fingerprint density at radius 2 is 1.74 bits per heavy atom. The van der Waals surface area contributed by atoms with E-state index in [1.807, 2.05) is 25.1 Å². The summed E-state index contributed by atoms with van der Waals surface area (Å²) in [6, 6.07) is 19.2. The van der Waals surface area contributed by atoms with Crippen molar-refractivity contribution in [3.8, 4) is 6.07 Å². The van der Waals surface area contributed by atoms with Crippen LogP contribution in [0.3, 0.4) is 0 Å². The molecule has 0 aliphatic rings. The van der Waals surface area contributed by atoms with E-state index in [4.69, 9.17) is 5.26 Å². The predicted molar refractivity (Wildman–Crippen MR) is 92.2 cm³/mol. The molecule has 1 amide bonds. The highest BCUT2D eigenvalue weighted by Gasteiger charge is 2.24. The number of benzene rings is 2. The van der Waals surface area contributed by atoms with Gasteiger partial charge in [-0.2, -0.15) is 5.26 Å². The maximum atomic E-state index is 12.4. The highest BCUT2D eigenvalue weighted by Crippen LogP contribution is 2.28. The van der Waals surface area contributed by atoms with Gasteiger partial charge in [0.15, 0.2) is 0 Å². The molecule has 1 unspecified atom stereocenters. The fraction of sp³-hybridized carbons (Fsp3) is 0.300. The zero-order chi connectivity index (χ0) is 16.9. The third-order valence-electron chi connectivity index (χ3n) is 4.04. The molecule has 0 fully saturated rings. The van der Waals surface area contributed by atoms with Gasteiger partial charge < -0.3 is 5.32 Å². The summed E-state index contributed by atoms with van der Waals surface area (Å²) in [5.74, 6) is -0.196. The second-order valence-corrected chi connectivity index (χ2v) is 6.49. The van der Waals surface area contributed by atoms with Crippen LogP contribution in [-0.4, -0.2) is 11.9 Å². The van der Waals surface area contributed by atoms with Crippen molar-refractivity contribution in [2.24, 2.45) is 0 Å². The van der Waals surface area contributed by atoms with Crippen molar-refractivity contribution >= 4 is 5.91 Å². The molecule has 0 aliphatic carbocycles. The van der Waals surface area contributed by atoms with Crippen LogP contribution in [0.2, 0.25) is 0 Å². The highest BCUT2D eigenvalue weighted by atomic mass is 16.1. The van der Waals surface area contributed by atoms with Crippen LogP contribution in [0.25, 0.3) is 0 Å². The van der Waals surface area contributed by atoms with Crippen LogP contribution >= 0.6 is 0 Å². The molecule has 23 heavy (non-hydrogen) atoms. The molecule has 0 radical (unpaired) electrons. The lowest BCUT2D eigenvalue weighted by Crippen LogP contribution is -2.37. The summed E-state index contributed by atoms with van der Waals surface area (Å²) < 4.78 is 0. The topological polar surface area (TPSA) is 52.9 Å². The molecule has 2 rings (SSSR count). The van der Waals surface area contributed by atoms with Gasteiger partial charge in [0.25, 0.3) is 5.91 Å². The van der Waals surface area contributed by atoms with E-state index in [1.54, 1.807) is 24.3 Å². The van der Waals surface area contributed by atoms with Crippen molar-refractivity contribution in [3.63, 3.8) is 0 Å². The fourth-order valence-electron chi connectivity index (χ4n) is 2.90. The Bertz CT molecular complexity index is 714. The zero-order valence-corrected chi connectivity index (χ0v) is 13.8. The Morgan fingerprint density at radius 3 is 2.39 bits per heavy atom. The molecule has 0 spiro atoms. The van der Waals surface area contributed by atoms with E-state index in [0.29, 0.717) is 11.1 Å². The lowest BCUT2D eigenvalue weighted by molar-refractivity contribution is 0.0934. The standard InChI is InChI=1S/C20H22N2O/c1-15(13-20(2,3)17-10-5-4-6-11-17)22-19(23)18-12-8-7-9-16(18)14-21/h4-12,15H,13H2,1-3H3,(H,22,23). The van der Waals surface area contributed by atoms with Crippen LogP contribution in [0.5, 0.6) is 0 Å². The Labute approximate surface area is 138 Å². The van der Waals surface area contributed by atoms with E-state index in [-0.39, 0.29) is 17.4 Å². The molecule has 1 N–H and O–H groups in total. The van der Waals surface area contributed by atoms with Crippen molar-refractivity contribution in [2.75, 3.05) is 0 Å². The van der Waals surface area contributed by atoms with Gasteiger partial charge in [-0.3, -0.25) is 4.79 Å². The van der Waals surface area contributed by atoms with Crippen molar-refractivity contribution in [3.05, 3.63) is 71.3 Å². The van der Waals surface area contributed by atoms with E-state index >= 15 is 0 Å². The molecular formula is C20H22N2O. The first kappa shape index (κ1) is 16.8. The Morgan fingerprint density at radius 1 is 1.13 bits per heavy atom. The van der Waals surface area contributed by atoms with Crippen molar-refractivity contribution in [1.82, 2.24) is 5.32 Å². The first-order valence-corrected chi connectivity index (χ1v) is 7.79. The SMILES string of the molecule is CC(CC(C)(C)c1ccccc1)NC(=O)c1ccccc1C#N. The van der Waals surface area contributed by atoms with Gasteiger partial charge in [-0.25, -0.2) is 0 Å². The van der Waals surface area contributed by atoms with Gasteiger partial charge in [0.2, 0.25) is 0 Å². The molecule has 118 valence electrons. The second kappa shape index (κ2) is 7.11. The van der Waals surface area contributed by atoms with E-state index in [0.717, 1.165) is 6.42 Å². The summed E-state index contributed by atoms with van der Waals surface area (Å²) in [5, 5.41) is 12.1. The zero-order valence-electron chi connectivity index (χ0n) is 13.8. The van der Waals surface area contributed by atoms with Crippen LogP contribution < -0.4 is 5.32 Å². The number of nitrogens with zero attached hydrogens (tertiary/aromatic N) is 1. The molecule has 2 aromatic rings. The Balaban J connectivity index is 2.06. The number of nitriles is 1. The smallest absolute Gasteiger partial charge is 0.252 e. The Hall–Kier alpha value is -2.60. The minimum atomic E-state index is -0.196.